The lowest BCUT2D eigenvalue weighted by molar-refractivity contribution is 0.230. The lowest BCUT2D eigenvalue weighted by Gasteiger charge is -2.39. The van der Waals surface area contributed by atoms with Crippen molar-refractivity contribution in [1.82, 2.24) is 0 Å². The van der Waals surface area contributed by atoms with Gasteiger partial charge in [-0.25, -0.2) is 0 Å². The average molecular weight is 242 g/mol. The van der Waals surface area contributed by atoms with Gasteiger partial charge in [-0.05, 0) is 27.7 Å². The van der Waals surface area contributed by atoms with Crippen LogP contribution in [0.25, 0.3) is 0 Å². The first kappa shape index (κ1) is 14.4. The quantitative estimate of drug-likeness (QED) is 0.656. The Morgan fingerprint density at radius 2 is 1.50 bits per heavy atom. The number of rotatable bonds is 4. The zero-order valence-corrected chi connectivity index (χ0v) is 10.9. The molecule has 4 nitrogen and oxygen atoms in total. The molecule has 0 aliphatic carbocycles. The Hall–Kier alpha value is 0.440. The molecular weight excluding hydrogens is 222 g/mol. The summed E-state index contributed by atoms with van der Waals surface area (Å²) in [5.41, 5.74) is 0. The van der Waals surface area contributed by atoms with E-state index >= 15 is 0 Å². The molecule has 0 aromatic heterocycles. The van der Waals surface area contributed by atoms with Gasteiger partial charge >= 0.3 is 0 Å². The van der Waals surface area contributed by atoms with Crippen LogP contribution in [0.3, 0.4) is 0 Å². The molecule has 0 saturated carbocycles. The summed E-state index contributed by atoms with van der Waals surface area (Å²) in [6, 6.07) is 0. The molecule has 0 spiro atoms. The molecule has 0 aliphatic rings. The van der Waals surface area contributed by atoms with Crippen molar-refractivity contribution >= 4 is 27.3 Å². The van der Waals surface area contributed by atoms with Crippen molar-refractivity contribution in [3.63, 3.8) is 0 Å². The Morgan fingerprint density at radius 3 is 1.71 bits per heavy atom. The Balaban J connectivity index is 5.09. The average Bonchev–Trinajstić information content (AvgIpc) is 1.80. The third-order valence-corrected chi connectivity index (χ3v) is 8.25. The van der Waals surface area contributed by atoms with Crippen molar-refractivity contribution in [2.75, 3.05) is 0 Å². The largest absolute Gasteiger partial charge is 0.353 e. The molecule has 0 radical (unpaired) electrons. The predicted molar refractivity (Wildman–Crippen MR) is 65.0 cm³/mol. The van der Waals surface area contributed by atoms with Crippen molar-refractivity contribution in [3.05, 3.63) is 0 Å². The Morgan fingerprint density at radius 1 is 1.14 bits per heavy atom. The highest BCUT2D eigenvalue weighted by Gasteiger charge is 2.43. The zero-order valence-electron chi connectivity index (χ0n) is 9.14. The fraction of sp³-hybridized carbons (Fsp3) is 0.750. The van der Waals surface area contributed by atoms with E-state index in [9.17, 15) is 14.7 Å². The smallest absolute Gasteiger partial charge is 0.129 e. The minimum Gasteiger partial charge on any atom is -0.353 e. The van der Waals surface area contributed by atoms with Crippen LogP contribution in [-0.4, -0.2) is 38.3 Å². The maximum absolute atomic E-state index is 9.99. The standard InChI is InChI=1S/C8H20O4P2/c1-7(2)12-14(6,11)8(3,4)13(5,9)10/h7,9-11H,5-6H2,1-4H3. The first-order valence-electron chi connectivity index (χ1n) is 4.25. The van der Waals surface area contributed by atoms with Crippen LogP contribution in [0.1, 0.15) is 27.7 Å². The summed E-state index contributed by atoms with van der Waals surface area (Å²) in [6.07, 6.45) is 6.63. The van der Waals surface area contributed by atoms with Crippen molar-refractivity contribution in [3.8, 4) is 0 Å². The van der Waals surface area contributed by atoms with Gasteiger partial charge in [-0.1, -0.05) is 12.6 Å². The van der Waals surface area contributed by atoms with Crippen LogP contribution < -0.4 is 0 Å². The molecule has 0 rings (SSSR count). The van der Waals surface area contributed by atoms with Gasteiger partial charge in [0.25, 0.3) is 0 Å². The molecule has 0 fully saturated rings. The highest BCUT2D eigenvalue weighted by atomic mass is 31.2. The van der Waals surface area contributed by atoms with E-state index in [1.165, 1.54) is 13.8 Å². The fourth-order valence-corrected chi connectivity index (χ4v) is 3.83. The van der Waals surface area contributed by atoms with E-state index in [0.717, 1.165) is 0 Å². The van der Waals surface area contributed by atoms with Gasteiger partial charge in [0.1, 0.15) is 14.7 Å². The molecule has 1 atom stereocenters. The van der Waals surface area contributed by atoms with Gasteiger partial charge in [-0.3, -0.25) is 0 Å². The lowest BCUT2D eigenvalue weighted by atomic mass is 10.5. The van der Waals surface area contributed by atoms with Crippen LogP contribution in [0.2, 0.25) is 0 Å². The van der Waals surface area contributed by atoms with Gasteiger partial charge in [-0.15, -0.1) is 0 Å². The third-order valence-electron chi connectivity index (χ3n) is 2.12. The minimum absolute atomic E-state index is 0.211. The van der Waals surface area contributed by atoms with Gasteiger partial charge in [0.05, 0.1) is 11.0 Å². The summed E-state index contributed by atoms with van der Waals surface area (Å²) in [5, 5.41) is 0. The highest BCUT2D eigenvalue weighted by molar-refractivity contribution is 7.82. The first-order chi connectivity index (χ1) is 5.92. The van der Waals surface area contributed by atoms with E-state index in [-0.39, 0.29) is 6.10 Å². The molecule has 6 heteroatoms. The molecule has 0 saturated heterocycles. The van der Waals surface area contributed by atoms with Crippen molar-refractivity contribution < 1.29 is 19.2 Å². The summed E-state index contributed by atoms with van der Waals surface area (Å²) in [6.45, 7) is 6.53. The van der Waals surface area contributed by atoms with Gasteiger partial charge in [0, 0.05) is 0 Å². The summed E-state index contributed by atoms with van der Waals surface area (Å²) < 4.78 is 5.25. The summed E-state index contributed by atoms with van der Waals surface area (Å²) in [7, 11) is -6.52. The van der Waals surface area contributed by atoms with Gasteiger partial charge < -0.3 is 19.2 Å². The summed E-state index contributed by atoms with van der Waals surface area (Å²) in [5.74, 6) is 0. The molecule has 0 aromatic carbocycles. The zero-order chi connectivity index (χ0) is 11.8. The molecule has 0 aromatic rings. The number of hydrogen-bond donors (Lipinski definition) is 3. The summed E-state index contributed by atoms with van der Waals surface area (Å²) >= 11 is 0. The molecule has 1 unspecified atom stereocenters. The molecule has 14 heavy (non-hydrogen) atoms. The maximum Gasteiger partial charge on any atom is 0.129 e. The Bertz CT molecular complexity index is 290. The van der Waals surface area contributed by atoms with Gasteiger partial charge in [0.15, 0.2) is 0 Å². The molecule has 0 aliphatic heterocycles. The van der Waals surface area contributed by atoms with E-state index < -0.39 is 19.6 Å². The van der Waals surface area contributed by atoms with E-state index in [0.29, 0.717) is 0 Å². The molecule has 0 amide bonds. The topological polar surface area (TPSA) is 69.9 Å². The van der Waals surface area contributed by atoms with E-state index in [2.05, 4.69) is 12.6 Å². The highest BCUT2D eigenvalue weighted by Crippen LogP contribution is 2.70. The van der Waals surface area contributed by atoms with E-state index in [4.69, 9.17) is 4.52 Å². The molecule has 0 bridgehead atoms. The normalized spacial score (nSPS) is 18.3. The second-order valence-electron chi connectivity index (χ2n) is 4.08. The molecular formula is C8H20O4P2. The second-order valence-corrected chi connectivity index (χ2v) is 9.74. The second kappa shape index (κ2) is 4.13. The Labute approximate surface area is 85.8 Å². The van der Waals surface area contributed by atoms with E-state index in [1.807, 2.05) is 0 Å². The van der Waals surface area contributed by atoms with Crippen LogP contribution in [0.4, 0.5) is 0 Å². The van der Waals surface area contributed by atoms with Crippen LogP contribution in [-0.2, 0) is 4.52 Å². The van der Waals surface area contributed by atoms with Gasteiger partial charge in [-0.2, -0.15) is 0 Å². The SMILES string of the molecule is C=P(O)(O)C(C)(C)P(=C)(O)OC(C)C. The molecule has 0 heterocycles. The van der Waals surface area contributed by atoms with Gasteiger partial charge in [0.2, 0.25) is 0 Å². The minimum atomic E-state index is -3.43. The monoisotopic (exact) mass is 242 g/mol. The summed E-state index contributed by atoms with van der Waals surface area (Å²) in [4.78, 5) is 27.8. The maximum atomic E-state index is 9.99. The first-order valence-corrected chi connectivity index (χ1v) is 7.98. The van der Waals surface area contributed by atoms with Crippen molar-refractivity contribution in [1.29, 1.82) is 0 Å². The van der Waals surface area contributed by atoms with Crippen LogP contribution in [0.5, 0.6) is 0 Å². The third kappa shape index (κ3) is 2.96. The fourth-order valence-electron chi connectivity index (χ4n) is 0.728. The van der Waals surface area contributed by atoms with E-state index in [1.54, 1.807) is 13.8 Å². The Kier molecular flexibility index (Phi) is 4.26. The van der Waals surface area contributed by atoms with Crippen LogP contribution in [0, 0.1) is 0 Å². The number of hydrogen-bond acceptors (Lipinski definition) is 4. The van der Waals surface area contributed by atoms with Crippen LogP contribution >= 0.6 is 14.7 Å². The predicted octanol–water partition coefficient (Wildman–Crippen LogP) is 1.68. The molecule has 3 N–H and O–H groups in total. The van der Waals surface area contributed by atoms with Crippen molar-refractivity contribution in [2.24, 2.45) is 0 Å². The van der Waals surface area contributed by atoms with Crippen LogP contribution in [0.15, 0.2) is 0 Å². The molecule has 86 valence electrons. The lowest BCUT2D eigenvalue weighted by Crippen LogP contribution is -2.23. The van der Waals surface area contributed by atoms with Crippen molar-refractivity contribution in [2.45, 2.75) is 38.7 Å².